The molecule has 0 aromatic carbocycles. The van der Waals surface area contributed by atoms with E-state index >= 15 is 0 Å². The highest BCUT2D eigenvalue weighted by Gasteiger charge is 2.25. The lowest BCUT2D eigenvalue weighted by Crippen LogP contribution is -2.19. The van der Waals surface area contributed by atoms with E-state index in [1.165, 1.54) is 50.7 Å². The van der Waals surface area contributed by atoms with Crippen molar-refractivity contribution in [2.75, 3.05) is 5.75 Å². The van der Waals surface area contributed by atoms with Crippen LogP contribution in [0.3, 0.4) is 0 Å². The minimum Gasteiger partial charge on any atom is -0.299 e. The molecule has 0 radical (unpaired) electrons. The Labute approximate surface area is 91.0 Å². The number of rotatable bonds is 3. The van der Waals surface area contributed by atoms with Gasteiger partial charge in [-0.3, -0.25) is 4.79 Å². The van der Waals surface area contributed by atoms with E-state index in [0.29, 0.717) is 17.0 Å². The Morgan fingerprint density at radius 3 is 2.43 bits per heavy atom. The Hall–Kier alpha value is 0.0200. The lowest BCUT2D eigenvalue weighted by atomic mass is 9.97. The van der Waals surface area contributed by atoms with E-state index in [2.05, 4.69) is 0 Å². The van der Waals surface area contributed by atoms with Crippen LogP contribution in [0.25, 0.3) is 0 Å². The molecular formula is C12H20OS. The Balaban J connectivity index is 1.75. The number of carbonyl (C=O) groups is 1. The summed E-state index contributed by atoms with van der Waals surface area (Å²) < 4.78 is 0. The van der Waals surface area contributed by atoms with Crippen LogP contribution in [0, 0.1) is 5.92 Å². The predicted octanol–water partition coefficient (Wildman–Crippen LogP) is 3.42. The van der Waals surface area contributed by atoms with E-state index in [1.54, 1.807) is 0 Å². The summed E-state index contributed by atoms with van der Waals surface area (Å²) in [5.41, 5.74) is 0. The highest BCUT2D eigenvalue weighted by atomic mass is 32.2. The molecule has 1 aliphatic heterocycles. The highest BCUT2D eigenvalue weighted by Crippen LogP contribution is 2.32. The molecule has 0 aromatic rings. The monoisotopic (exact) mass is 212 g/mol. The zero-order chi connectivity index (χ0) is 9.80. The van der Waals surface area contributed by atoms with Gasteiger partial charge in [0.05, 0.1) is 0 Å². The molecule has 14 heavy (non-hydrogen) atoms. The van der Waals surface area contributed by atoms with Crippen LogP contribution < -0.4 is 0 Å². The minimum atomic E-state index is 0.442. The first-order valence-electron chi connectivity index (χ1n) is 6.00. The van der Waals surface area contributed by atoms with Crippen LogP contribution in [0.1, 0.15) is 51.4 Å². The van der Waals surface area contributed by atoms with Gasteiger partial charge < -0.3 is 0 Å². The number of ketones is 1. The van der Waals surface area contributed by atoms with Crippen LogP contribution in [0.4, 0.5) is 0 Å². The molecule has 0 amide bonds. The Kier molecular flexibility index (Phi) is 3.91. The fourth-order valence-corrected chi connectivity index (χ4v) is 3.93. The normalized spacial score (nSPS) is 29.3. The second-order valence-electron chi connectivity index (χ2n) is 4.64. The third-order valence-corrected chi connectivity index (χ3v) is 4.91. The van der Waals surface area contributed by atoms with Crippen molar-refractivity contribution in [1.29, 1.82) is 0 Å². The number of Topliss-reactive ketones (excluding diaryl/α,β-unsaturated/α-hetero) is 1. The van der Waals surface area contributed by atoms with Crippen molar-refractivity contribution >= 4 is 17.5 Å². The van der Waals surface area contributed by atoms with Crippen LogP contribution in [0.15, 0.2) is 0 Å². The lowest BCUT2D eigenvalue weighted by molar-refractivity contribution is -0.122. The molecule has 0 bridgehead atoms. The molecule has 2 aliphatic rings. The summed E-state index contributed by atoms with van der Waals surface area (Å²) in [7, 11) is 0. The van der Waals surface area contributed by atoms with Gasteiger partial charge in [-0.15, -0.1) is 0 Å². The third-order valence-electron chi connectivity index (χ3n) is 3.51. The maximum atomic E-state index is 11.9. The average Bonchev–Trinajstić information content (AvgIpc) is 2.72. The number of carbonyl (C=O) groups excluding carboxylic acids is 1. The van der Waals surface area contributed by atoms with Gasteiger partial charge in [0.1, 0.15) is 5.78 Å². The lowest BCUT2D eigenvalue weighted by Gasteiger charge is -2.21. The van der Waals surface area contributed by atoms with Gasteiger partial charge in [0.2, 0.25) is 0 Å². The quantitative estimate of drug-likeness (QED) is 0.713. The van der Waals surface area contributed by atoms with Gasteiger partial charge in [0.25, 0.3) is 0 Å². The summed E-state index contributed by atoms with van der Waals surface area (Å²) in [6.07, 6.45) is 9.78. The second-order valence-corrected chi connectivity index (χ2v) is 6.05. The van der Waals surface area contributed by atoms with Crippen molar-refractivity contribution < 1.29 is 4.79 Å². The van der Waals surface area contributed by atoms with Gasteiger partial charge in [-0.1, -0.05) is 19.3 Å². The molecule has 1 atom stereocenters. The zero-order valence-corrected chi connectivity index (χ0v) is 9.65. The molecule has 1 unspecified atom stereocenters. The molecule has 80 valence electrons. The maximum Gasteiger partial charge on any atom is 0.137 e. The molecule has 2 heteroatoms. The van der Waals surface area contributed by atoms with Crippen molar-refractivity contribution in [2.45, 2.75) is 56.6 Å². The standard InChI is InChI=1S/C12H20OS/c13-12(10-5-1-2-6-10)9-11-7-3-4-8-14-11/h10-11H,1-9H2. The summed E-state index contributed by atoms with van der Waals surface area (Å²) in [6.45, 7) is 0. The van der Waals surface area contributed by atoms with Gasteiger partial charge in [-0.2, -0.15) is 11.8 Å². The summed E-state index contributed by atoms with van der Waals surface area (Å²) in [5, 5.41) is 0.664. The van der Waals surface area contributed by atoms with Gasteiger partial charge in [-0.05, 0) is 31.4 Å². The summed E-state index contributed by atoms with van der Waals surface area (Å²) in [5.74, 6) is 2.29. The van der Waals surface area contributed by atoms with Crippen molar-refractivity contribution in [3.8, 4) is 0 Å². The van der Waals surface area contributed by atoms with E-state index in [-0.39, 0.29) is 0 Å². The van der Waals surface area contributed by atoms with E-state index in [1.807, 2.05) is 11.8 Å². The molecule has 2 rings (SSSR count). The smallest absolute Gasteiger partial charge is 0.137 e. The Morgan fingerprint density at radius 1 is 1.07 bits per heavy atom. The second kappa shape index (κ2) is 5.20. The molecule has 0 aromatic heterocycles. The van der Waals surface area contributed by atoms with E-state index < -0.39 is 0 Å². The number of thioether (sulfide) groups is 1. The van der Waals surface area contributed by atoms with Crippen LogP contribution in [0.2, 0.25) is 0 Å². The first-order valence-corrected chi connectivity index (χ1v) is 7.05. The largest absolute Gasteiger partial charge is 0.299 e. The Morgan fingerprint density at radius 2 is 1.79 bits per heavy atom. The van der Waals surface area contributed by atoms with Crippen molar-refractivity contribution in [2.24, 2.45) is 5.92 Å². The summed E-state index contributed by atoms with van der Waals surface area (Å²) >= 11 is 2.03. The van der Waals surface area contributed by atoms with Crippen LogP contribution in [0.5, 0.6) is 0 Å². The first-order chi connectivity index (χ1) is 6.86. The highest BCUT2D eigenvalue weighted by molar-refractivity contribution is 7.99. The average molecular weight is 212 g/mol. The maximum absolute atomic E-state index is 11.9. The van der Waals surface area contributed by atoms with Crippen LogP contribution in [-0.2, 0) is 4.79 Å². The van der Waals surface area contributed by atoms with Gasteiger partial charge in [-0.25, -0.2) is 0 Å². The van der Waals surface area contributed by atoms with Crippen molar-refractivity contribution in [1.82, 2.24) is 0 Å². The number of hydrogen-bond acceptors (Lipinski definition) is 2. The van der Waals surface area contributed by atoms with Gasteiger partial charge >= 0.3 is 0 Å². The molecule has 1 saturated heterocycles. The van der Waals surface area contributed by atoms with E-state index in [9.17, 15) is 4.79 Å². The molecule has 1 saturated carbocycles. The SMILES string of the molecule is O=C(CC1CCCCS1)C1CCCC1. The molecule has 1 heterocycles. The summed E-state index contributed by atoms with van der Waals surface area (Å²) in [4.78, 5) is 11.9. The molecule has 0 spiro atoms. The Bertz CT molecular complexity index is 190. The van der Waals surface area contributed by atoms with Crippen LogP contribution in [-0.4, -0.2) is 16.8 Å². The van der Waals surface area contributed by atoms with E-state index in [0.717, 1.165) is 6.42 Å². The number of hydrogen-bond donors (Lipinski definition) is 0. The first kappa shape index (κ1) is 10.5. The van der Waals surface area contributed by atoms with Crippen molar-refractivity contribution in [3.05, 3.63) is 0 Å². The predicted molar refractivity (Wildman–Crippen MR) is 61.7 cm³/mol. The molecule has 1 aliphatic carbocycles. The summed E-state index contributed by atoms with van der Waals surface area (Å²) in [6, 6.07) is 0. The van der Waals surface area contributed by atoms with Gasteiger partial charge in [0, 0.05) is 17.6 Å². The van der Waals surface area contributed by atoms with E-state index in [4.69, 9.17) is 0 Å². The molecule has 0 N–H and O–H groups in total. The molecule has 2 fully saturated rings. The van der Waals surface area contributed by atoms with Gasteiger partial charge in [0.15, 0.2) is 0 Å². The zero-order valence-electron chi connectivity index (χ0n) is 8.84. The molecular weight excluding hydrogens is 192 g/mol. The fourth-order valence-electron chi connectivity index (χ4n) is 2.61. The third kappa shape index (κ3) is 2.75. The van der Waals surface area contributed by atoms with Crippen LogP contribution >= 0.6 is 11.8 Å². The topological polar surface area (TPSA) is 17.1 Å². The fraction of sp³-hybridized carbons (Fsp3) is 0.917. The van der Waals surface area contributed by atoms with Crippen molar-refractivity contribution in [3.63, 3.8) is 0 Å². The molecule has 1 nitrogen and oxygen atoms in total. The minimum absolute atomic E-state index is 0.442.